The molecule has 16 heavy (non-hydrogen) atoms. The van der Waals surface area contributed by atoms with Crippen molar-refractivity contribution in [3.05, 3.63) is 17.8 Å². The Labute approximate surface area is 95.2 Å². The van der Waals surface area contributed by atoms with Crippen molar-refractivity contribution in [1.82, 2.24) is 10.3 Å². The Morgan fingerprint density at radius 1 is 1.69 bits per heavy atom. The molecule has 5 nitrogen and oxygen atoms in total. The van der Waals surface area contributed by atoms with Crippen LogP contribution in [0.1, 0.15) is 38.0 Å². The minimum Gasteiger partial charge on any atom is -0.466 e. The number of rotatable bonds is 6. The molecule has 0 aliphatic heterocycles. The maximum atomic E-state index is 11.1. The zero-order valence-electron chi connectivity index (χ0n) is 9.95. The number of carbonyl (C=O) groups excluding carboxylic acids is 1. The minimum atomic E-state index is -0.189. The number of carbonyl (C=O) groups is 1. The van der Waals surface area contributed by atoms with E-state index in [-0.39, 0.29) is 12.0 Å². The summed E-state index contributed by atoms with van der Waals surface area (Å²) in [5, 5.41) is 3.14. The Balaban J connectivity index is 2.25. The molecule has 0 aliphatic rings. The zero-order chi connectivity index (χ0) is 12.0. The van der Waals surface area contributed by atoms with E-state index >= 15 is 0 Å². The summed E-state index contributed by atoms with van der Waals surface area (Å²) in [6, 6.07) is 0.00289. The number of hydrogen-bond acceptors (Lipinski definition) is 5. The van der Waals surface area contributed by atoms with Crippen LogP contribution in [0.2, 0.25) is 0 Å². The van der Waals surface area contributed by atoms with Gasteiger partial charge in [-0.15, -0.1) is 0 Å². The molecule has 1 aromatic heterocycles. The molecule has 90 valence electrons. The van der Waals surface area contributed by atoms with Gasteiger partial charge in [0.1, 0.15) is 5.76 Å². The fourth-order valence-electron chi connectivity index (χ4n) is 1.28. The first-order valence-corrected chi connectivity index (χ1v) is 5.44. The molecular formula is C11H18N2O3. The predicted octanol–water partition coefficient (Wildman–Crippen LogP) is 1.59. The molecule has 0 saturated heterocycles. The van der Waals surface area contributed by atoms with Crippen LogP contribution in [0.3, 0.4) is 0 Å². The van der Waals surface area contributed by atoms with Crippen molar-refractivity contribution in [2.24, 2.45) is 0 Å². The van der Waals surface area contributed by atoms with Crippen molar-refractivity contribution in [2.45, 2.75) is 33.2 Å². The fourth-order valence-corrected chi connectivity index (χ4v) is 1.28. The molecule has 5 heteroatoms. The molecule has 0 bridgehead atoms. The summed E-state index contributed by atoms with van der Waals surface area (Å²) in [4.78, 5) is 15.2. The minimum absolute atomic E-state index is 0.00289. The van der Waals surface area contributed by atoms with Gasteiger partial charge in [-0.2, -0.15) is 0 Å². The summed E-state index contributed by atoms with van der Waals surface area (Å²) in [5.74, 6) is 1.24. The van der Waals surface area contributed by atoms with Crippen LogP contribution >= 0.6 is 0 Å². The second-order valence-corrected chi connectivity index (χ2v) is 3.54. The van der Waals surface area contributed by atoms with Crippen molar-refractivity contribution in [3.63, 3.8) is 0 Å². The van der Waals surface area contributed by atoms with Gasteiger partial charge in [-0.25, -0.2) is 4.98 Å². The number of esters is 1. The van der Waals surface area contributed by atoms with Crippen LogP contribution in [0.5, 0.6) is 0 Å². The lowest BCUT2D eigenvalue weighted by atomic mass is 10.3. The lowest BCUT2D eigenvalue weighted by Gasteiger charge is -2.09. The van der Waals surface area contributed by atoms with E-state index in [2.05, 4.69) is 10.3 Å². The molecule has 0 amide bonds. The summed E-state index contributed by atoms with van der Waals surface area (Å²) < 4.78 is 10.2. The van der Waals surface area contributed by atoms with E-state index < -0.39 is 0 Å². The normalized spacial score (nSPS) is 12.4. The lowest BCUT2D eigenvalue weighted by molar-refractivity contribution is -0.143. The first kappa shape index (κ1) is 12.7. The highest BCUT2D eigenvalue weighted by Gasteiger charge is 2.11. The Bertz CT molecular complexity index is 336. The summed E-state index contributed by atoms with van der Waals surface area (Å²) in [6.07, 6.45) is 2.04. The molecule has 0 spiro atoms. The average molecular weight is 226 g/mol. The highest BCUT2D eigenvalue weighted by molar-refractivity contribution is 5.69. The summed E-state index contributed by atoms with van der Waals surface area (Å²) >= 11 is 0. The number of nitrogens with zero attached hydrogens (tertiary/aromatic N) is 1. The van der Waals surface area contributed by atoms with Gasteiger partial charge >= 0.3 is 5.97 Å². The van der Waals surface area contributed by atoms with E-state index in [1.54, 1.807) is 13.1 Å². The van der Waals surface area contributed by atoms with Crippen LogP contribution in [0.25, 0.3) is 0 Å². The molecule has 1 aromatic rings. The lowest BCUT2D eigenvalue weighted by Crippen LogP contribution is -2.22. The molecule has 0 fully saturated rings. The van der Waals surface area contributed by atoms with Crippen LogP contribution in [-0.4, -0.2) is 24.1 Å². The van der Waals surface area contributed by atoms with Gasteiger partial charge in [0.25, 0.3) is 0 Å². The molecule has 0 saturated carbocycles. The zero-order valence-corrected chi connectivity index (χ0v) is 9.95. The Morgan fingerprint density at radius 2 is 2.44 bits per heavy atom. The van der Waals surface area contributed by atoms with E-state index in [9.17, 15) is 4.79 Å². The van der Waals surface area contributed by atoms with Gasteiger partial charge in [0, 0.05) is 6.54 Å². The Hall–Kier alpha value is -1.36. The third-order valence-electron chi connectivity index (χ3n) is 2.09. The first-order chi connectivity index (χ1) is 7.63. The van der Waals surface area contributed by atoms with Crippen molar-refractivity contribution < 1.29 is 13.9 Å². The first-order valence-electron chi connectivity index (χ1n) is 5.44. The van der Waals surface area contributed by atoms with E-state index in [0.29, 0.717) is 25.5 Å². The topological polar surface area (TPSA) is 64.4 Å². The third-order valence-corrected chi connectivity index (χ3v) is 2.09. The summed E-state index contributed by atoms with van der Waals surface area (Å²) in [6.45, 7) is 6.57. The van der Waals surface area contributed by atoms with Crippen LogP contribution in [0.15, 0.2) is 10.6 Å². The van der Waals surface area contributed by atoms with Gasteiger partial charge in [-0.05, 0) is 20.8 Å². The fraction of sp³-hybridized carbons (Fsp3) is 0.636. The SMILES string of the molecule is CCOC(=O)CCNC(C)c1ncc(C)o1. The second kappa shape index (κ2) is 6.27. The van der Waals surface area contributed by atoms with Crippen molar-refractivity contribution in [2.75, 3.05) is 13.2 Å². The Kier molecular flexibility index (Phi) is 4.98. The van der Waals surface area contributed by atoms with Crippen molar-refractivity contribution in [1.29, 1.82) is 0 Å². The summed E-state index contributed by atoms with van der Waals surface area (Å²) in [5.41, 5.74) is 0. The van der Waals surface area contributed by atoms with E-state index in [1.165, 1.54) is 0 Å². The molecule has 0 aliphatic carbocycles. The van der Waals surface area contributed by atoms with Gasteiger partial charge in [-0.3, -0.25) is 4.79 Å². The second-order valence-electron chi connectivity index (χ2n) is 3.54. The number of ether oxygens (including phenoxy) is 1. The number of aromatic nitrogens is 1. The van der Waals surface area contributed by atoms with Gasteiger partial charge in [-0.1, -0.05) is 0 Å². The van der Waals surface area contributed by atoms with Crippen molar-refractivity contribution >= 4 is 5.97 Å². The monoisotopic (exact) mass is 226 g/mol. The van der Waals surface area contributed by atoms with Gasteiger partial charge < -0.3 is 14.5 Å². The number of hydrogen-bond donors (Lipinski definition) is 1. The number of oxazole rings is 1. The number of aryl methyl sites for hydroxylation is 1. The largest absolute Gasteiger partial charge is 0.466 e. The maximum absolute atomic E-state index is 11.1. The molecule has 1 atom stereocenters. The molecular weight excluding hydrogens is 208 g/mol. The van der Waals surface area contributed by atoms with Crippen LogP contribution in [0, 0.1) is 6.92 Å². The Morgan fingerprint density at radius 3 is 3.00 bits per heavy atom. The number of nitrogens with one attached hydrogen (secondary N) is 1. The summed E-state index contributed by atoms with van der Waals surface area (Å²) in [7, 11) is 0. The van der Waals surface area contributed by atoms with Crippen LogP contribution < -0.4 is 5.32 Å². The quantitative estimate of drug-likeness (QED) is 0.746. The van der Waals surface area contributed by atoms with E-state index in [0.717, 1.165) is 5.76 Å². The van der Waals surface area contributed by atoms with Crippen LogP contribution in [0.4, 0.5) is 0 Å². The molecule has 0 aromatic carbocycles. The molecule has 0 radical (unpaired) electrons. The molecule has 1 unspecified atom stereocenters. The van der Waals surface area contributed by atoms with Gasteiger partial charge in [0.05, 0.1) is 25.3 Å². The highest BCUT2D eigenvalue weighted by Crippen LogP contribution is 2.11. The van der Waals surface area contributed by atoms with Crippen LogP contribution in [-0.2, 0) is 9.53 Å². The van der Waals surface area contributed by atoms with Crippen molar-refractivity contribution in [3.8, 4) is 0 Å². The van der Waals surface area contributed by atoms with E-state index in [1.807, 2.05) is 13.8 Å². The molecule has 1 N–H and O–H groups in total. The standard InChI is InChI=1S/C11H18N2O3/c1-4-15-10(14)5-6-12-9(3)11-13-7-8(2)16-11/h7,9,12H,4-6H2,1-3H3. The average Bonchev–Trinajstić information content (AvgIpc) is 2.65. The van der Waals surface area contributed by atoms with E-state index in [4.69, 9.17) is 9.15 Å². The molecule has 1 rings (SSSR count). The molecule has 1 heterocycles. The van der Waals surface area contributed by atoms with Gasteiger partial charge in [0.15, 0.2) is 0 Å². The predicted molar refractivity (Wildman–Crippen MR) is 58.9 cm³/mol. The smallest absolute Gasteiger partial charge is 0.307 e. The maximum Gasteiger partial charge on any atom is 0.307 e. The highest BCUT2D eigenvalue weighted by atomic mass is 16.5. The third kappa shape index (κ3) is 4.02. The van der Waals surface area contributed by atoms with Gasteiger partial charge in [0.2, 0.25) is 5.89 Å².